The molecule has 0 spiro atoms. The molecule has 1 aromatic carbocycles. The predicted molar refractivity (Wildman–Crippen MR) is 91.7 cm³/mol. The maximum Gasteiger partial charge on any atom is 0.193 e. The van der Waals surface area contributed by atoms with E-state index in [2.05, 4.69) is 27.0 Å². The van der Waals surface area contributed by atoms with Gasteiger partial charge in [-0.2, -0.15) is 0 Å². The molecule has 0 heterocycles. The highest BCUT2D eigenvalue weighted by atomic mass is 19.1. The van der Waals surface area contributed by atoms with Crippen LogP contribution in [-0.4, -0.2) is 57.0 Å². The summed E-state index contributed by atoms with van der Waals surface area (Å²) in [5.41, 5.74) is 1.09. The van der Waals surface area contributed by atoms with Crippen molar-refractivity contribution in [2.45, 2.75) is 25.8 Å². The SMILES string of the molecule is CCCCN(C)C(=NC)NCC(c1ccc(F)cc1)N(C)C. The molecular formula is C17H29FN4. The Morgan fingerprint density at radius 2 is 1.86 bits per heavy atom. The molecule has 22 heavy (non-hydrogen) atoms. The molecule has 1 atom stereocenters. The molecule has 0 bridgehead atoms. The van der Waals surface area contributed by atoms with Crippen LogP contribution in [0.3, 0.4) is 0 Å². The van der Waals surface area contributed by atoms with Crippen LogP contribution in [0, 0.1) is 5.82 Å². The maximum atomic E-state index is 13.1. The lowest BCUT2D eigenvalue weighted by atomic mass is 10.1. The van der Waals surface area contributed by atoms with E-state index >= 15 is 0 Å². The quantitative estimate of drug-likeness (QED) is 0.621. The van der Waals surface area contributed by atoms with Gasteiger partial charge in [-0.25, -0.2) is 4.39 Å². The summed E-state index contributed by atoms with van der Waals surface area (Å²) in [5, 5.41) is 3.41. The molecule has 1 rings (SSSR count). The zero-order valence-corrected chi connectivity index (χ0v) is 14.4. The third kappa shape index (κ3) is 5.64. The van der Waals surface area contributed by atoms with Crippen molar-refractivity contribution in [2.75, 3.05) is 41.3 Å². The van der Waals surface area contributed by atoms with Gasteiger partial charge in [-0.15, -0.1) is 0 Å². The Labute approximate surface area is 134 Å². The normalized spacial score (nSPS) is 13.3. The number of nitrogens with one attached hydrogen (secondary N) is 1. The van der Waals surface area contributed by atoms with Crippen molar-refractivity contribution in [2.24, 2.45) is 4.99 Å². The summed E-state index contributed by atoms with van der Waals surface area (Å²) in [7, 11) is 7.90. The Morgan fingerprint density at radius 1 is 1.23 bits per heavy atom. The summed E-state index contributed by atoms with van der Waals surface area (Å²) >= 11 is 0. The Bertz CT molecular complexity index is 456. The van der Waals surface area contributed by atoms with Crippen LogP contribution in [0.4, 0.5) is 4.39 Å². The first-order chi connectivity index (χ1) is 10.5. The Hall–Kier alpha value is -1.62. The third-order valence-electron chi connectivity index (χ3n) is 3.75. The highest BCUT2D eigenvalue weighted by Gasteiger charge is 2.15. The van der Waals surface area contributed by atoms with Crippen LogP contribution < -0.4 is 5.32 Å². The largest absolute Gasteiger partial charge is 0.354 e. The number of guanidine groups is 1. The molecule has 0 aliphatic carbocycles. The second-order valence-electron chi connectivity index (χ2n) is 5.73. The summed E-state index contributed by atoms with van der Waals surface area (Å²) in [5.74, 6) is 0.687. The van der Waals surface area contributed by atoms with Crippen LogP contribution in [0.15, 0.2) is 29.3 Å². The van der Waals surface area contributed by atoms with Crippen molar-refractivity contribution in [1.29, 1.82) is 0 Å². The standard InChI is InChI=1S/C17H29FN4/c1-6-7-12-22(5)17(19-2)20-13-16(21(3)4)14-8-10-15(18)11-9-14/h8-11,16H,6-7,12-13H2,1-5H3,(H,19,20). The molecule has 1 aromatic rings. The summed E-state index contributed by atoms with van der Waals surface area (Å²) in [6.07, 6.45) is 2.31. The number of halogens is 1. The van der Waals surface area contributed by atoms with Crippen LogP contribution in [0.5, 0.6) is 0 Å². The number of likely N-dealkylation sites (N-methyl/N-ethyl adjacent to an activating group) is 1. The number of hydrogen-bond donors (Lipinski definition) is 1. The average molecular weight is 308 g/mol. The molecule has 0 amide bonds. The molecule has 124 valence electrons. The fourth-order valence-corrected chi connectivity index (χ4v) is 2.36. The molecule has 5 heteroatoms. The summed E-state index contributed by atoms with van der Waals surface area (Å²) in [6, 6.07) is 6.86. The number of nitrogens with zero attached hydrogens (tertiary/aromatic N) is 3. The predicted octanol–water partition coefficient (Wildman–Crippen LogP) is 2.74. The number of hydrogen-bond acceptors (Lipinski definition) is 2. The van der Waals surface area contributed by atoms with Gasteiger partial charge in [0.25, 0.3) is 0 Å². The van der Waals surface area contributed by atoms with Crippen LogP contribution in [0.2, 0.25) is 0 Å². The lowest BCUT2D eigenvalue weighted by Gasteiger charge is -2.28. The third-order valence-corrected chi connectivity index (χ3v) is 3.75. The highest BCUT2D eigenvalue weighted by Crippen LogP contribution is 2.17. The van der Waals surface area contributed by atoms with E-state index in [4.69, 9.17) is 0 Å². The zero-order chi connectivity index (χ0) is 16.5. The van der Waals surface area contributed by atoms with E-state index < -0.39 is 0 Å². The van der Waals surface area contributed by atoms with Gasteiger partial charge in [0.1, 0.15) is 5.82 Å². The molecule has 0 radical (unpaired) electrons. The van der Waals surface area contributed by atoms with Crippen molar-refractivity contribution in [3.05, 3.63) is 35.6 Å². The van der Waals surface area contributed by atoms with Crippen molar-refractivity contribution in [1.82, 2.24) is 15.1 Å². The van der Waals surface area contributed by atoms with E-state index in [1.165, 1.54) is 12.1 Å². The average Bonchev–Trinajstić information content (AvgIpc) is 2.50. The van der Waals surface area contributed by atoms with Crippen molar-refractivity contribution in [3.63, 3.8) is 0 Å². The molecular weight excluding hydrogens is 279 g/mol. The van der Waals surface area contributed by atoms with Crippen molar-refractivity contribution in [3.8, 4) is 0 Å². The number of benzene rings is 1. The van der Waals surface area contributed by atoms with E-state index in [0.29, 0.717) is 0 Å². The van der Waals surface area contributed by atoms with Crippen LogP contribution >= 0.6 is 0 Å². The fourth-order valence-electron chi connectivity index (χ4n) is 2.36. The monoisotopic (exact) mass is 308 g/mol. The second-order valence-corrected chi connectivity index (χ2v) is 5.73. The lowest BCUT2D eigenvalue weighted by molar-refractivity contribution is 0.295. The number of rotatable bonds is 7. The van der Waals surface area contributed by atoms with E-state index in [1.54, 1.807) is 7.05 Å². The Kier molecular flexibility index (Phi) is 7.88. The van der Waals surface area contributed by atoms with Crippen molar-refractivity contribution < 1.29 is 4.39 Å². The Morgan fingerprint density at radius 3 is 2.36 bits per heavy atom. The fraction of sp³-hybridized carbons (Fsp3) is 0.588. The molecule has 1 unspecified atom stereocenters. The van der Waals surface area contributed by atoms with E-state index in [-0.39, 0.29) is 11.9 Å². The van der Waals surface area contributed by atoms with Gasteiger partial charge in [0, 0.05) is 27.2 Å². The first-order valence-corrected chi connectivity index (χ1v) is 7.83. The molecule has 0 saturated carbocycles. The first kappa shape index (κ1) is 18.4. The van der Waals surface area contributed by atoms with E-state index in [1.807, 2.05) is 33.3 Å². The second kappa shape index (κ2) is 9.41. The van der Waals surface area contributed by atoms with Crippen LogP contribution in [-0.2, 0) is 0 Å². The van der Waals surface area contributed by atoms with E-state index in [9.17, 15) is 4.39 Å². The van der Waals surface area contributed by atoms with Gasteiger partial charge in [0.15, 0.2) is 5.96 Å². The van der Waals surface area contributed by atoms with Crippen molar-refractivity contribution >= 4 is 5.96 Å². The summed E-state index contributed by atoms with van der Waals surface area (Å²) in [6.45, 7) is 3.89. The van der Waals surface area contributed by atoms with Gasteiger partial charge in [-0.05, 0) is 38.2 Å². The minimum Gasteiger partial charge on any atom is -0.354 e. The van der Waals surface area contributed by atoms with Gasteiger partial charge in [0.05, 0.1) is 6.04 Å². The minimum atomic E-state index is -0.204. The van der Waals surface area contributed by atoms with Gasteiger partial charge in [-0.3, -0.25) is 4.99 Å². The smallest absolute Gasteiger partial charge is 0.193 e. The molecule has 1 N–H and O–H groups in total. The number of unbranched alkanes of at least 4 members (excludes halogenated alkanes) is 1. The van der Waals surface area contributed by atoms with E-state index in [0.717, 1.165) is 37.5 Å². The van der Waals surface area contributed by atoms with Gasteiger partial charge >= 0.3 is 0 Å². The minimum absolute atomic E-state index is 0.164. The number of aliphatic imine (C=N–C) groups is 1. The Balaban J connectivity index is 2.69. The summed E-state index contributed by atoms with van der Waals surface area (Å²) < 4.78 is 13.1. The van der Waals surface area contributed by atoms with Gasteiger partial charge < -0.3 is 15.1 Å². The zero-order valence-electron chi connectivity index (χ0n) is 14.4. The molecule has 0 fully saturated rings. The molecule has 0 saturated heterocycles. The van der Waals surface area contributed by atoms with Gasteiger partial charge in [-0.1, -0.05) is 25.5 Å². The first-order valence-electron chi connectivity index (χ1n) is 7.83. The molecule has 0 aromatic heterocycles. The lowest BCUT2D eigenvalue weighted by Crippen LogP contribution is -2.43. The van der Waals surface area contributed by atoms with Crippen LogP contribution in [0.1, 0.15) is 31.4 Å². The summed E-state index contributed by atoms with van der Waals surface area (Å²) in [4.78, 5) is 8.60. The maximum absolute atomic E-state index is 13.1. The van der Waals surface area contributed by atoms with Crippen LogP contribution in [0.25, 0.3) is 0 Å². The topological polar surface area (TPSA) is 30.9 Å². The highest BCUT2D eigenvalue weighted by molar-refractivity contribution is 5.79. The molecule has 0 aliphatic heterocycles. The molecule has 0 aliphatic rings. The molecule has 4 nitrogen and oxygen atoms in total. The van der Waals surface area contributed by atoms with Gasteiger partial charge in [0.2, 0.25) is 0 Å².